The summed E-state index contributed by atoms with van der Waals surface area (Å²) in [6, 6.07) is 0. The molecule has 0 spiro atoms. The summed E-state index contributed by atoms with van der Waals surface area (Å²) in [5.41, 5.74) is -3.61. The van der Waals surface area contributed by atoms with E-state index in [1.54, 1.807) is 0 Å². The van der Waals surface area contributed by atoms with Crippen LogP contribution in [0.5, 0.6) is 0 Å². The van der Waals surface area contributed by atoms with Crippen molar-refractivity contribution in [1.29, 1.82) is 0 Å². The molecule has 4 heterocycles. The highest BCUT2D eigenvalue weighted by Gasteiger charge is 2.42. The van der Waals surface area contributed by atoms with Crippen LogP contribution in [0.25, 0.3) is 0 Å². The first-order chi connectivity index (χ1) is 29.1. The highest BCUT2D eigenvalue weighted by Crippen LogP contribution is 2.36. The monoisotopic (exact) mass is 899 g/mol. The van der Waals surface area contributed by atoms with Gasteiger partial charge in [-0.1, -0.05) is 13.8 Å². The summed E-state index contributed by atoms with van der Waals surface area (Å²) in [6.07, 6.45) is 9.47. The van der Waals surface area contributed by atoms with Crippen LogP contribution in [0.15, 0.2) is 0 Å². The van der Waals surface area contributed by atoms with Gasteiger partial charge in [0, 0.05) is 31.4 Å². The summed E-state index contributed by atoms with van der Waals surface area (Å²) in [5, 5.41) is 0. The van der Waals surface area contributed by atoms with Crippen LogP contribution >= 0.6 is 0 Å². The van der Waals surface area contributed by atoms with Crippen LogP contribution < -0.4 is 0 Å². The number of epoxide rings is 4. The van der Waals surface area contributed by atoms with Gasteiger partial charge in [-0.25, -0.2) is 0 Å². The maximum absolute atomic E-state index is 7.13. The molecule has 4 aliphatic rings. The predicted molar refractivity (Wildman–Crippen MR) is 251 cm³/mol. The maximum atomic E-state index is 7.13. The standard InChI is InChI=1S/C50H95BO12/c1-16-47(13,21-25-58-48(14,17-2)28-40-32-54-40)63-37-50(34-60-42(3,4)18-22-56-45(9,10)26-38-30-52-38,35-61-43(5,6)19-23-57-46(11,12)27-39-31-53-39)36-62-44(7,8)20-24-59-49(15,51)29-41-33-55-41/h38-41H,16-37,51H2,1-15H3. The molecule has 7 atom stereocenters. The number of rotatable bonds is 38. The fraction of sp³-hybridized carbons (Fsp3) is 1.00. The van der Waals surface area contributed by atoms with E-state index in [0.717, 1.165) is 90.6 Å². The second kappa shape index (κ2) is 22.8. The van der Waals surface area contributed by atoms with Crippen molar-refractivity contribution in [3.05, 3.63) is 0 Å². The van der Waals surface area contributed by atoms with Crippen LogP contribution in [-0.4, -0.2) is 156 Å². The zero-order valence-electron chi connectivity index (χ0n) is 43.3. The molecule has 0 N–H and O–H groups in total. The molecule has 0 saturated carbocycles. The van der Waals surface area contributed by atoms with Gasteiger partial charge in [-0.3, -0.25) is 0 Å². The van der Waals surface area contributed by atoms with Gasteiger partial charge >= 0.3 is 0 Å². The van der Waals surface area contributed by atoms with Crippen LogP contribution in [0.4, 0.5) is 0 Å². The third kappa shape index (κ3) is 23.0. The molecule has 63 heavy (non-hydrogen) atoms. The Morgan fingerprint density at radius 2 is 0.714 bits per heavy atom. The average Bonchev–Trinajstić information content (AvgIpc) is 3.92. The van der Waals surface area contributed by atoms with Crippen LogP contribution in [-0.2, 0) is 56.8 Å². The lowest BCUT2D eigenvalue weighted by molar-refractivity contribution is -0.200. The van der Waals surface area contributed by atoms with Crippen LogP contribution in [0, 0.1) is 5.41 Å². The van der Waals surface area contributed by atoms with E-state index in [1.807, 2.05) is 0 Å². The van der Waals surface area contributed by atoms with Gasteiger partial charge in [-0.2, -0.15) is 0 Å². The van der Waals surface area contributed by atoms with E-state index in [-0.39, 0.29) is 22.3 Å². The largest absolute Gasteiger partial charge is 0.384 e. The number of hydrogen-bond acceptors (Lipinski definition) is 12. The summed E-state index contributed by atoms with van der Waals surface area (Å²) in [6.45, 7) is 39.5. The Labute approximate surface area is 385 Å². The number of hydrogen-bond donors (Lipinski definition) is 0. The third-order valence-electron chi connectivity index (χ3n) is 13.6. The molecule has 0 aromatic heterocycles. The first-order valence-corrected chi connectivity index (χ1v) is 24.7. The van der Waals surface area contributed by atoms with Crippen molar-refractivity contribution in [2.24, 2.45) is 5.41 Å². The van der Waals surface area contributed by atoms with E-state index in [1.165, 1.54) is 0 Å². The summed E-state index contributed by atoms with van der Waals surface area (Å²) in [7, 11) is 2.14. The highest BCUT2D eigenvalue weighted by atomic mass is 16.6. The molecule has 4 fully saturated rings. The minimum Gasteiger partial charge on any atom is -0.384 e. The molecule has 0 aliphatic carbocycles. The predicted octanol–water partition coefficient (Wildman–Crippen LogP) is 8.40. The second-order valence-corrected chi connectivity index (χ2v) is 23.9. The molecule has 370 valence electrons. The second-order valence-electron chi connectivity index (χ2n) is 23.9. The molecule has 4 aliphatic heterocycles. The molecule has 0 radical (unpaired) electrons. The van der Waals surface area contributed by atoms with Crippen LogP contribution in [0.1, 0.15) is 168 Å². The van der Waals surface area contributed by atoms with Crippen LogP contribution in [0.2, 0.25) is 0 Å². The van der Waals surface area contributed by atoms with Crippen molar-refractivity contribution in [1.82, 2.24) is 0 Å². The van der Waals surface area contributed by atoms with Crippen molar-refractivity contribution in [3.8, 4) is 0 Å². The van der Waals surface area contributed by atoms with Gasteiger partial charge in [0.05, 0.1) is 142 Å². The van der Waals surface area contributed by atoms with Crippen molar-refractivity contribution in [3.63, 3.8) is 0 Å². The molecular weight excluding hydrogens is 803 g/mol. The van der Waals surface area contributed by atoms with E-state index in [0.29, 0.717) is 77.3 Å². The maximum Gasteiger partial charge on any atom is 0.143 e. The SMILES string of the molecule is BC(C)(CC1CO1)OCCC(C)(C)OCC(COC(C)(C)CCOC(C)(C)CC1CO1)(COC(C)(C)CCOC(C)(C)CC1CO1)COC(C)(CC)CCOC(C)(CC)CC1CO1. The molecule has 0 bridgehead atoms. The van der Waals surface area contributed by atoms with Gasteiger partial charge < -0.3 is 56.8 Å². The summed E-state index contributed by atoms with van der Waals surface area (Å²) < 4.78 is 76.1. The van der Waals surface area contributed by atoms with Crippen molar-refractivity contribution in [2.45, 2.75) is 237 Å². The molecule has 4 saturated heterocycles. The fourth-order valence-corrected chi connectivity index (χ4v) is 7.78. The van der Waals surface area contributed by atoms with E-state index in [4.69, 9.17) is 56.8 Å². The molecule has 13 heteroatoms. The van der Waals surface area contributed by atoms with Gasteiger partial charge in [-0.15, -0.1) is 0 Å². The summed E-state index contributed by atoms with van der Waals surface area (Å²) >= 11 is 0. The zero-order chi connectivity index (χ0) is 46.9. The molecule has 0 aromatic carbocycles. The Bertz CT molecular complexity index is 1220. The Hall–Kier alpha value is -0.415. The van der Waals surface area contributed by atoms with E-state index >= 15 is 0 Å². The quantitative estimate of drug-likeness (QED) is 0.0437. The Morgan fingerprint density at radius 1 is 0.381 bits per heavy atom. The Balaban J connectivity index is 1.51. The smallest absolute Gasteiger partial charge is 0.143 e. The Kier molecular flexibility index (Phi) is 20.0. The normalized spacial score (nSPS) is 25.5. The molecule has 4 rings (SSSR count). The number of ether oxygens (including phenoxy) is 12. The van der Waals surface area contributed by atoms with Gasteiger partial charge in [0.1, 0.15) is 7.85 Å². The third-order valence-corrected chi connectivity index (χ3v) is 13.6. The lowest BCUT2D eigenvalue weighted by atomic mass is 9.79. The van der Waals surface area contributed by atoms with Crippen molar-refractivity contribution in [2.75, 3.05) is 79.3 Å². The first kappa shape index (κ1) is 55.2. The molecule has 0 amide bonds. The first-order valence-electron chi connectivity index (χ1n) is 24.7. The topological polar surface area (TPSA) is 124 Å². The minimum atomic E-state index is -0.666. The van der Waals surface area contributed by atoms with Gasteiger partial charge in [0.15, 0.2) is 0 Å². The summed E-state index contributed by atoms with van der Waals surface area (Å²) in [5.74, 6) is 0. The van der Waals surface area contributed by atoms with E-state index in [2.05, 4.69) is 112 Å². The Morgan fingerprint density at radius 3 is 1.10 bits per heavy atom. The summed E-state index contributed by atoms with van der Waals surface area (Å²) in [4.78, 5) is 0. The molecule has 0 aromatic rings. The van der Waals surface area contributed by atoms with Crippen molar-refractivity contribution < 1.29 is 56.8 Å². The zero-order valence-corrected chi connectivity index (χ0v) is 43.3. The molecular formula is C50H95BO12. The molecule has 12 nitrogen and oxygen atoms in total. The van der Waals surface area contributed by atoms with E-state index < -0.39 is 27.8 Å². The van der Waals surface area contributed by atoms with Gasteiger partial charge in [-0.05, 0) is 135 Å². The van der Waals surface area contributed by atoms with Crippen LogP contribution in [0.3, 0.4) is 0 Å². The molecule has 7 unspecified atom stereocenters. The van der Waals surface area contributed by atoms with E-state index in [9.17, 15) is 0 Å². The average molecular weight is 899 g/mol. The minimum absolute atomic E-state index is 0.225. The van der Waals surface area contributed by atoms with Crippen molar-refractivity contribution >= 4 is 7.85 Å². The lowest BCUT2D eigenvalue weighted by Gasteiger charge is -2.43. The van der Waals surface area contributed by atoms with Gasteiger partial charge in [0.2, 0.25) is 0 Å². The highest BCUT2D eigenvalue weighted by molar-refractivity contribution is 6.14. The lowest BCUT2D eigenvalue weighted by Crippen LogP contribution is -2.50. The van der Waals surface area contributed by atoms with Gasteiger partial charge in [0.25, 0.3) is 0 Å². The fourth-order valence-electron chi connectivity index (χ4n) is 7.78.